The fourth-order valence-electron chi connectivity index (χ4n) is 3.95. The molecule has 1 aliphatic carbocycles. The largest absolute Gasteiger partial charge is 0.296 e. The standard InChI is InChI=1S/C17H20ClNO2/c1-11-5-7-17(8-6-11)10-14(20)19-16(21)15(17)12-3-2-4-13(18)9-12/h2-4,9,11,15H,5-8,10H2,1H3,(H,19,20,21). The van der Waals surface area contributed by atoms with Crippen LogP contribution in [0.4, 0.5) is 0 Å². The van der Waals surface area contributed by atoms with E-state index in [4.69, 9.17) is 11.6 Å². The Kier molecular flexibility index (Phi) is 3.78. The summed E-state index contributed by atoms with van der Waals surface area (Å²) >= 11 is 6.09. The van der Waals surface area contributed by atoms with E-state index >= 15 is 0 Å². The summed E-state index contributed by atoms with van der Waals surface area (Å²) in [6.45, 7) is 2.24. The highest BCUT2D eigenvalue weighted by Crippen LogP contribution is 2.52. The fraction of sp³-hybridized carbons (Fsp3) is 0.529. The van der Waals surface area contributed by atoms with Crippen LogP contribution < -0.4 is 5.32 Å². The number of imide groups is 1. The number of nitrogens with one attached hydrogen (secondary N) is 1. The average molecular weight is 306 g/mol. The second kappa shape index (κ2) is 5.45. The lowest BCUT2D eigenvalue weighted by Gasteiger charge is -2.46. The van der Waals surface area contributed by atoms with Crippen LogP contribution >= 0.6 is 11.6 Å². The van der Waals surface area contributed by atoms with Gasteiger partial charge in [0.05, 0.1) is 5.92 Å². The van der Waals surface area contributed by atoms with Crippen LogP contribution in [0.2, 0.25) is 5.02 Å². The van der Waals surface area contributed by atoms with Crippen molar-refractivity contribution in [1.29, 1.82) is 0 Å². The van der Waals surface area contributed by atoms with Gasteiger partial charge in [-0.25, -0.2) is 0 Å². The number of amides is 2. The van der Waals surface area contributed by atoms with Crippen molar-refractivity contribution in [2.24, 2.45) is 11.3 Å². The van der Waals surface area contributed by atoms with E-state index in [0.717, 1.165) is 31.2 Å². The predicted octanol–water partition coefficient (Wildman–Crippen LogP) is 3.67. The van der Waals surface area contributed by atoms with Crippen molar-refractivity contribution in [2.75, 3.05) is 0 Å². The molecule has 3 rings (SSSR count). The van der Waals surface area contributed by atoms with Gasteiger partial charge in [-0.1, -0.05) is 43.5 Å². The van der Waals surface area contributed by atoms with Gasteiger partial charge in [0.25, 0.3) is 0 Å². The monoisotopic (exact) mass is 305 g/mol. The molecule has 1 unspecified atom stereocenters. The van der Waals surface area contributed by atoms with Gasteiger partial charge < -0.3 is 0 Å². The molecule has 1 spiro atoms. The topological polar surface area (TPSA) is 46.2 Å². The van der Waals surface area contributed by atoms with Crippen molar-refractivity contribution < 1.29 is 9.59 Å². The van der Waals surface area contributed by atoms with E-state index in [1.54, 1.807) is 0 Å². The lowest BCUT2D eigenvalue weighted by Crippen LogP contribution is -2.51. The Morgan fingerprint density at radius 3 is 2.62 bits per heavy atom. The van der Waals surface area contributed by atoms with Crippen LogP contribution in [0.15, 0.2) is 24.3 Å². The number of carbonyl (C=O) groups is 2. The van der Waals surface area contributed by atoms with Gasteiger partial charge in [-0.05, 0) is 41.9 Å². The van der Waals surface area contributed by atoms with Crippen LogP contribution in [0.5, 0.6) is 0 Å². The summed E-state index contributed by atoms with van der Waals surface area (Å²) in [4.78, 5) is 24.4. The van der Waals surface area contributed by atoms with Crippen molar-refractivity contribution in [3.8, 4) is 0 Å². The lowest BCUT2D eigenvalue weighted by atomic mass is 9.59. The molecule has 21 heavy (non-hydrogen) atoms. The van der Waals surface area contributed by atoms with Gasteiger partial charge in [0.2, 0.25) is 11.8 Å². The normalized spacial score (nSPS) is 33.0. The Morgan fingerprint density at radius 2 is 1.95 bits per heavy atom. The van der Waals surface area contributed by atoms with Crippen molar-refractivity contribution in [3.05, 3.63) is 34.9 Å². The molecule has 1 heterocycles. The van der Waals surface area contributed by atoms with Crippen LogP contribution in [0.25, 0.3) is 0 Å². The molecule has 1 aromatic carbocycles. The third-order valence-corrected chi connectivity index (χ3v) is 5.34. The van der Waals surface area contributed by atoms with E-state index in [0.29, 0.717) is 17.4 Å². The van der Waals surface area contributed by atoms with Gasteiger partial charge >= 0.3 is 0 Å². The van der Waals surface area contributed by atoms with Crippen LogP contribution in [-0.4, -0.2) is 11.8 Å². The number of hydrogen-bond donors (Lipinski definition) is 1. The van der Waals surface area contributed by atoms with E-state index in [2.05, 4.69) is 12.2 Å². The maximum atomic E-state index is 12.5. The Morgan fingerprint density at radius 1 is 1.24 bits per heavy atom. The summed E-state index contributed by atoms with van der Waals surface area (Å²) in [6, 6.07) is 7.50. The van der Waals surface area contributed by atoms with Crippen molar-refractivity contribution >= 4 is 23.4 Å². The molecule has 2 aliphatic rings. The van der Waals surface area contributed by atoms with Crippen LogP contribution in [0, 0.1) is 11.3 Å². The van der Waals surface area contributed by atoms with Gasteiger partial charge in [-0.3, -0.25) is 14.9 Å². The third-order valence-electron chi connectivity index (χ3n) is 5.10. The molecule has 0 radical (unpaired) electrons. The van der Waals surface area contributed by atoms with E-state index < -0.39 is 0 Å². The fourth-order valence-corrected chi connectivity index (χ4v) is 4.15. The molecule has 2 amide bonds. The van der Waals surface area contributed by atoms with Crippen molar-refractivity contribution in [3.63, 3.8) is 0 Å². The van der Waals surface area contributed by atoms with E-state index in [1.807, 2.05) is 24.3 Å². The van der Waals surface area contributed by atoms with Crippen LogP contribution in [0.1, 0.15) is 50.5 Å². The van der Waals surface area contributed by atoms with Crippen LogP contribution in [-0.2, 0) is 9.59 Å². The molecule has 4 heteroatoms. The molecule has 1 saturated carbocycles. The summed E-state index contributed by atoms with van der Waals surface area (Å²) < 4.78 is 0. The first-order chi connectivity index (χ1) is 10.00. The smallest absolute Gasteiger partial charge is 0.234 e. The first-order valence-electron chi connectivity index (χ1n) is 7.59. The molecule has 1 aromatic rings. The predicted molar refractivity (Wildman–Crippen MR) is 82.0 cm³/mol. The highest BCUT2D eigenvalue weighted by atomic mass is 35.5. The van der Waals surface area contributed by atoms with Gasteiger partial charge in [-0.2, -0.15) is 0 Å². The SMILES string of the molecule is CC1CCC2(CC1)CC(=O)NC(=O)C2c1cccc(Cl)c1. The first kappa shape index (κ1) is 14.6. The molecule has 3 nitrogen and oxygen atoms in total. The second-order valence-electron chi connectivity index (χ2n) is 6.62. The van der Waals surface area contributed by atoms with Gasteiger partial charge in [0.15, 0.2) is 0 Å². The molecule has 1 saturated heterocycles. The summed E-state index contributed by atoms with van der Waals surface area (Å²) in [6.07, 6.45) is 4.48. The van der Waals surface area contributed by atoms with Gasteiger partial charge in [0.1, 0.15) is 0 Å². The van der Waals surface area contributed by atoms with Gasteiger partial charge in [-0.15, -0.1) is 0 Å². The number of carbonyl (C=O) groups excluding carboxylic acids is 2. The Labute approximate surface area is 130 Å². The minimum Gasteiger partial charge on any atom is -0.296 e. The molecule has 1 N–H and O–H groups in total. The quantitative estimate of drug-likeness (QED) is 0.805. The van der Waals surface area contributed by atoms with E-state index in [9.17, 15) is 9.59 Å². The highest BCUT2D eigenvalue weighted by Gasteiger charge is 2.50. The number of hydrogen-bond acceptors (Lipinski definition) is 2. The average Bonchev–Trinajstić information content (AvgIpc) is 2.41. The third kappa shape index (κ3) is 2.71. The van der Waals surface area contributed by atoms with E-state index in [-0.39, 0.29) is 23.1 Å². The zero-order chi connectivity index (χ0) is 15.0. The van der Waals surface area contributed by atoms with Crippen molar-refractivity contribution in [1.82, 2.24) is 5.32 Å². The maximum Gasteiger partial charge on any atom is 0.234 e. The zero-order valence-corrected chi connectivity index (χ0v) is 13.0. The summed E-state index contributed by atoms with van der Waals surface area (Å²) in [7, 11) is 0. The number of halogens is 1. The molecule has 1 aliphatic heterocycles. The summed E-state index contributed by atoms with van der Waals surface area (Å²) in [5, 5.41) is 3.14. The minimum atomic E-state index is -0.263. The first-order valence-corrected chi connectivity index (χ1v) is 7.97. The van der Waals surface area contributed by atoms with Crippen molar-refractivity contribution in [2.45, 2.75) is 44.9 Å². The molecule has 0 bridgehead atoms. The maximum absolute atomic E-state index is 12.5. The Balaban J connectivity index is 2.01. The summed E-state index contributed by atoms with van der Waals surface area (Å²) in [5.41, 5.74) is 0.707. The number of piperidine rings is 1. The van der Waals surface area contributed by atoms with Gasteiger partial charge in [0, 0.05) is 11.4 Å². The molecule has 1 atom stereocenters. The molecule has 0 aromatic heterocycles. The lowest BCUT2D eigenvalue weighted by molar-refractivity contribution is -0.141. The molecule has 112 valence electrons. The number of benzene rings is 1. The molecule has 2 fully saturated rings. The Bertz CT molecular complexity index is 576. The molecular weight excluding hydrogens is 286 g/mol. The highest BCUT2D eigenvalue weighted by molar-refractivity contribution is 6.30. The molecular formula is C17H20ClNO2. The number of rotatable bonds is 1. The van der Waals surface area contributed by atoms with Crippen LogP contribution in [0.3, 0.4) is 0 Å². The summed E-state index contributed by atoms with van der Waals surface area (Å²) in [5.74, 6) is 0.119. The van der Waals surface area contributed by atoms with E-state index in [1.165, 1.54) is 0 Å². The minimum absolute atomic E-state index is 0.132. The second-order valence-corrected chi connectivity index (χ2v) is 7.06. The Hall–Kier alpha value is -1.35. The zero-order valence-electron chi connectivity index (χ0n) is 12.2.